The Bertz CT molecular complexity index is 1830. The van der Waals surface area contributed by atoms with Crippen molar-refractivity contribution < 1.29 is 43.0 Å². The minimum atomic E-state index is -0.829. The second-order valence-electron chi connectivity index (χ2n) is 19.7. The van der Waals surface area contributed by atoms with E-state index < -0.39 is 35.4 Å². The Morgan fingerprint density at radius 2 is 1.62 bits per heavy atom. The number of unbranched alkanes of at least 4 members (excludes halogenated alkanes) is 4. The molecule has 1 aromatic carbocycles. The number of ether oxygens (including phenoxy) is 3. The van der Waals surface area contributed by atoms with Crippen LogP contribution in [-0.2, 0) is 44.6 Å². The number of Topliss-reactive ketones (excluding diaryl/α,β-unsaturated/α-hetero) is 1. The van der Waals surface area contributed by atoms with Crippen molar-refractivity contribution in [2.45, 2.75) is 189 Å². The summed E-state index contributed by atoms with van der Waals surface area (Å²) in [6, 6.07) is 8.77. The summed E-state index contributed by atoms with van der Waals surface area (Å²) < 4.78 is 16.6. The van der Waals surface area contributed by atoms with Crippen LogP contribution in [0.2, 0.25) is 0 Å². The lowest BCUT2D eigenvalue weighted by Gasteiger charge is -2.38. The van der Waals surface area contributed by atoms with E-state index >= 15 is 0 Å². The standard InChI is InChI=1S/C52H82N4O9S/c1-12-36(5)41(32-45(58)43-26-21-23-29-56(43)28-22-16-14-15-20-27-47(59)65-52(8,9)10)50(61)55(11)44(35(3)4)33-46(64-38(7)57)49-54-42(34-66-49)48(60)53-40(30-37(6)51(62)63-13-2)31-39-24-18-17-19-25-39/h17-19,24-25,34-37,40-41,43-44,46H,12-16,20-23,26-33H2,1-11H3,(H,53,60)/t36-,37-,40+,41-,43+,44+,46+/m0/s1. The van der Waals surface area contributed by atoms with Crippen LogP contribution in [0, 0.1) is 23.7 Å². The second kappa shape index (κ2) is 28.2. The number of likely N-dealkylation sites (tertiary alicyclic amines) is 1. The molecule has 3 rings (SSSR count). The molecule has 2 amide bonds. The summed E-state index contributed by atoms with van der Waals surface area (Å²) in [5.41, 5.74) is 0.711. The molecule has 370 valence electrons. The first kappa shape index (κ1) is 56.2. The zero-order valence-corrected chi connectivity index (χ0v) is 42.8. The van der Waals surface area contributed by atoms with Crippen molar-refractivity contribution in [3.05, 3.63) is 52.0 Å². The number of carbonyl (C=O) groups is 6. The zero-order valence-electron chi connectivity index (χ0n) is 42.0. The predicted molar refractivity (Wildman–Crippen MR) is 260 cm³/mol. The SMILES string of the molecule is CCOC(=O)[C@@H](C)C[C@H](Cc1ccccc1)NC(=O)c1csc([C@@H](C[C@H](C(C)C)N(C)C(=O)[C@@H](CC(=O)[C@H]2CCCCN2CCCCCCCC(=O)OC(C)(C)C)[C@@H](C)CC)OC(C)=O)n1. The van der Waals surface area contributed by atoms with Crippen LogP contribution in [0.1, 0.15) is 180 Å². The number of nitrogens with zero attached hydrogens (tertiary/aromatic N) is 3. The van der Waals surface area contributed by atoms with Crippen LogP contribution in [0.15, 0.2) is 35.7 Å². The molecule has 1 aliphatic rings. The molecule has 66 heavy (non-hydrogen) atoms. The number of thiazole rings is 1. The number of carbonyl (C=O) groups excluding carboxylic acids is 6. The first-order valence-corrected chi connectivity index (χ1v) is 25.5. The van der Waals surface area contributed by atoms with Crippen molar-refractivity contribution in [2.24, 2.45) is 23.7 Å². The van der Waals surface area contributed by atoms with Crippen LogP contribution >= 0.6 is 11.3 Å². The molecule has 0 radical (unpaired) electrons. The Balaban J connectivity index is 1.71. The van der Waals surface area contributed by atoms with E-state index in [4.69, 9.17) is 14.2 Å². The maximum absolute atomic E-state index is 14.6. The summed E-state index contributed by atoms with van der Waals surface area (Å²) in [6.45, 7) is 20.6. The van der Waals surface area contributed by atoms with Crippen molar-refractivity contribution in [3.63, 3.8) is 0 Å². The number of hydrogen-bond donors (Lipinski definition) is 1. The summed E-state index contributed by atoms with van der Waals surface area (Å²) in [4.78, 5) is 88.6. The van der Waals surface area contributed by atoms with Crippen LogP contribution in [0.3, 0.4) is 0 Å². The third kappa shape index (κ3) is 19.2. The number of benzene rings is 1. The molecule has 2 heterocycles. The lowest BCUT2D eigenvalue weighted by Crippen LogP contribution is -2.49. The number of piperidine rings is 1. The first-order valence-electron chi connectivity index (χ1n) is 24.6. The molecule has 1 N–H and O–H groups in total. The Kier molecular flexibility index (Phi) is 24.0. The van der Waals surface area contributed by atoms with Gasteiger partial charge in [-0.2, -0.15) is 0 Å². The highest BCUT2D eigenvalue weighted by Gasteiger charge is 2.38. The largest absolute Gasteiger partial charge is 0.466 e. The van der Waals surface area contributed by atoms with Gasteiger partial charge in [0.15, 0.2) is 11.9 Å². The highest BCUT2D eigenvalue weighted by atomic mass is 32.1. The number of esters is 3. The van der Waals surface area contributed by atoms with Gasteiger partial charge in [0, 0.05) is 56.6 Å². The van der Waals surface area contributed by atoms with Crippen LogP contribution in [-0.4, -0.2) is 101 Å². The Labute approximate surface area is 399 Å². The zero-order chi connectivity index (χ0) is 49.0. The maximum Gasteiger partial charge on any atom is 0.308 e. The number of amides is 2. The number of ketones is 1. The van der Waals surface area contributed by atoms with Gasteiger partial charge in [-0.05, 0) is 96.7 Å². The molecule has 0 spiro atoms. The highest BCUT2D eigenvalue weighted by molar-refractivity contribution is 7.09. The molecular weight excluding hydrogens is 857 g/mol. The van der Waals surface area contributed by atoms with Gasteiger partial charge in [0.25, 0.3) is 5.91 Å². The van der Waals surface area contributed by atoms with Gasteiger partial charge >= 0.3 is 17.9 Å². The number of aromatic nitrogens is 1. The molecule has 7 atom stereocenters. The molecule has 1 aliphatic heterocycles. The molecule has 0 bridgehead atoms. The summed E-state index contributed by atoms with van der Waals surface area (Å²) in [7, 11) is 1.78. The van der Waals surface area contributed by atoms with Crippen molar-refractivity contribution >= 4 is 46.8 Å². The molecule has 13 nitrogen and oxygen atoms in total. The predicted octanol–water partition coefficient (Wildman–Crippen LogP) is 9.71. The van der Waals surface area contributed by atoms with E-state index in [-0.39, 0.29) is 78.7 Å². The van der Waals surface area contributed by atoms with Crippen LogP contribution in [0.5, 0.6) is 0 Å². The fourth-order valence-electron chi connectivity index (χ4n) is 8.92. The van der Waals surface area contributed by atoms with Gasteiger partial charge in [0.2, 0.25) is 5.91 Å². The summed E-state index contributed by atoms with van der Waals surface area (Å²) >= 11 is 1.22. The minimum absolute atomic E-state index is 0.0373. The Hall–Kier alpha value is -4.17. The lowest BCUT2D eigenvalue weighted by atomic mass is 9.82. The normalized spacial score (nSPS) is 17.2. The summed E-state index contributed by atoms with van der Waals surface area (Å²) in [5.74, 6) is -2.41. The Morgan fingerprint density at radius 3 is 2.26 bits per heavy atom. The van der Waals surface area contributed by atoms with Gasteiger partial charge in [-0.25, -0.2) is 4.98 Å². The van der Waals surface area contributed by atoms with Crippen molar-refractivity contribution in [1.29, 1.82) is 0 Å². The van der Waals surface area contributed by atoms with E-state index in [0.29, 0.717) is 24.3 Å². The molecule has 0 aliphatic carbocycles. The average molecular weight is 939 g/mol. The average Bonchev–Trinajstić information content (AvgIpc) is 3.76. The third-order valence-electron chi connectivity index (χ3n) is 12.7. The lowest BCUT2D eigenvalue weighted by molar-refractivity contribution is -0.155. The van der Waals surface area contributed by atoms with Gasteiger partial charge in [-0.3, -0.25) is 33.7 Å². The monoisotopic (exact) mass is 939 g/mol. The van der Waals surface area contributed by atoms with E-state index in [0.717, 1.165) is 76.4 Å². The van der Waals surface area contributed by atoms with Gasteiger partial charge in [-0.15, -0.1) is 11.3 Å². The summed E-state index contributed by atoms with van der Waals surface area (Å²) in [5, 5.41) is 5.17. The van der Waals surface area contributed by atoms with E-state index in [1.165, 1.54) is 18.3 Å². The van der Waals surface area contributed by atoms with Gasteiger partial charge in [0.1, 0.15) is 16.3 Å². The maximum atomic E-state index is 14.6. The van der Waals surface area contributed by atoms with Gasteiger partial charge < -0.3 is 24.4 Å². The molecule has 0 unspecified atom stereocenters. The fourth-order valence-corrected chi connectivity index (χ4v) is 9.76. The smallest absolute Gasteiger partial charge is 0.308 e. The molecule has 1 saturated heterocycles. The molecule has 2 aromatic rings. The van der Waals surface area contributed by atoms with Crippen LogP contribution < -0.4 is 5.32 Å². The Morgan fingerprint density at radius 1 is 0.939 bits per heavy atom. The molecule has 14 heteroatoms. The van der Waals surface area contributed by atoms with Crippen molar-refractivity contribution in [3.8, 4) is 0 Å². The fraction of sp³-hybridized carbons (Fsp3) is 0.712. The number of rotatable bonds is 28. The third-order valence-corrected chi connectivity index (χ3v) is 13.6. The van der Waals surface area contributed by atoms with Crippen LogP contribution in [0.4, 0.5) is 0 Å². The first-order chi connectivity index (χ1) is 31.2. The summed E-state index contributed by atoms with van der Waals surface area (Å²) in [6.07, 6.45) is 9.24. The van der Waals surface area contributed by atoms with E-state index in [1.807, 2.05) is 78.8 Å². The van der Waals surface area contributed by atoms with E-state index in [2.05, 4.69) is 15.2 Å². The van der Waals surface area contributed by atoms with Gasteiger partial charge in [-0.1, -0.05) is 97.1 Å². The molecule has 1 fully saturated rings. The van der Waals surface area contributed by atoms with Crippen LogP contribution in [0.25, 0.3) is 0 Å². The highest BCUT2D eigenvalue weighted by Crippen LogP contribution is 2.33. The second-order valence-corrected chi connectivity index (χ2v) is 20.6. The number of nitrogens with one attached hydrogen (secondary N) is 1. The number of hydrogen-bond acceptors (Lipinski definition) is 12. The quantitative estimate of drug-likeness (QED) is 0.0491. The molecular formula is C52H82N4O9S. The van der Waals surface area contributed by atoms with Crippen molar-refractivity contribution in [2.75, 3.05) is 26.7 Å². The van der Waals surface area contributed by atoms with E-state index in [1.54, 1.807) is 31.2 Å². The van der Waals surface area contributed by atoms with Gasteiger partial charge in [0.05, 0.1) is 18.6 Å². The topological polar surface area (TPSA) is 162 Å². The van der Waals surface area contributed by atoms with E-state index in [9.17, 15) is 28.8 Å². The molecule has 0 saturated carbocycles. The van der Waals surface area contributed by atoms with Crippen molar-refractivity contribution in [1.82, 2.24) is 20.1 Å². The molecule has 1 aromatic heterocycles. The minimum Gasteiger partial charge on any atom is -0.466 e.